The topological polar surface area (TPSA) is 97.4 Å². The molecule has 42 heavy (non-hydrogen) atoms. The van der Waals surface area contributed by atoms with Crippen molar-refractivity contribution in [2.45, 2.75) is 13.3 Å². The van der Waals surface area contributed by atoms with Crippen molar-refractivity contribution >= 4 is 63.0 Å². The average Bonchev–Trinajstić information content (AvgIpc) is 3.43. The Bertz CT molecular complexity index is 1590. The van der Waals surface area contributed by atoms with Crippen molar-refractivity contribution in [2.24, 2.45) is 0 Å². The van der Waals surface area contributed by atoms with Crippen LogP contribution in [0, 0.1) is 0 Å². The summed E-state index contributed by atoms with van der Waals surface area (Å²) in [6.07, 6.45) is 0.526. The third-order valence-electron chi connectivity index (χ3n) is 6.82. The highest BCUT2D eigenvalue weighted by Gasteiger charge is 2.42. The Balaban J connectivity index is 1.33. The largest absolute Gasteiger partial charge is 0.494 e. The molecule has 0 unspecified atom stereocenters. The van der Waals surface area contributed by atoms with Gasteiger partial charge < -0.3 is 19.5 Å². The fourth-order valence-corrected chi connectivity index (χ4v) is 6.20. The van der Waals surface area contributed by atoms with Crippen molar-refractivity contribution in [3.63, 3.8) is 0 Å². The number of amides is 3. The van der Waals surface area contributed by atoms with Crippen molar-refractivity contribution in [1.29, 1.82) is 0 Å². The van der Waals surface area contributed by atoms with E-state index in [0.717, 1.165) is 17.3 Å². The molecule has 0 aliphatic carbocycles. The molecule has 5 rings (SSSR count). The number of anilines is 2. The average molecular weight is 604 g/mol. The lowest BCUT2D eigenvalue weighted by Gasteiger charge is -2.17. The quantitative estimate of drug-likeness (QED) is 0.258. The van der Waals surface area contributed by atoms with E-state index in [-0.39, 0.29) is 28.8 Å². The van der Waals surface area contributed by atoms with Gasteiger partial charge in [-0.2, -0.15) is 0 Å². The molecule has 2 heterocycles. The standard InChI is InChI=1S/C31H29N3O6S2/c1-4-40-21-12-10-20(11-13-21)32-26(35)18-34-23-8-6-5-7-22(23)27(29(34)36)28-30(37)33(31(41)42-28)16-15-19-9-14-24(38-2)25(17-19)39-3/h5-14,17H,4,15-16,18H2,1-3H3,(H,32,35)/b28-27-. The van der Waals surface area contributed by atoms with E-state index in [1.54, 1.807) is 62.8 Å². The number of ether oxygens (including phenoxy) is 3. The van der Waals surface area contributed by atoms with Gasteiger partial charge >= 0.3 is 0 Å². The summed E-state index contributed by atoms with van der Waals surface area (Å²) in [5, 5.41) is 2.82. The van der Waals surface area contributed by atoms with Crippen LogP contribution in [-0.4, -0.2) is 60.9 Å². The molecule has 11 heteroatoms. The molecule has 3 amide bonds. The van der Waals surface area contributed by atoms with Crippen molar-refractivity contribution in [3.05, 3.63) is 82.8 Å². The van der Waals surface area contributed by atoms with Crippen LogP contribution < -0.4 is 24.4 Å². The van der Waals surface area contributed by atoms with Gasteiger partial charge in [0.05, 0.1) is 37.0 Å². The number of carbonyl (C=O) groups excluding carboxylic acids is 3. The van der Waals surface area contributed by atoms with Crippen LogP contribution in [0.4, 0.5) is 11.4 Å². The molecule has 0 spiro atoms. The van der Waals surface area contributed by atoms with Gasteiger partial charge in [-0.15, -0.1) is 0 Å². The Morgan fingerprint density at radius 1 is 0.929 bits per heavy atom. The number of carbonyl (C=O) groups is 3. The summed E-state index contributed by atoms with van der Waals surface area (Å²) in [6, 6.07) is 19.7. The molecule has 1 fully saturated rings. The lowest BCUT2D eigenvalue weighted by Crippen LogP contribution is -2.35. The maximum atomic E-state index is 13.7. The van der Waals surface area contributed by atoms with Crippen molar-refractivity contribution in [2.75, 3.05) is 44.1 Å². The monoisotopic (exact) mass is 603 g/mol. The van der Waals surface area contributed by atoms with Crippen LogP contribution in [-0.2, 0) is 20.8 Å². The van der Waals surface area contributed by atoms with E-state index in [1.165, 1.54) is 9.80 Å². The number of nitrogens with one attached hydrogen (secondary N) is 1. The molecule has 0 bridgehead atoms. The van der Waals surface area contributed by atoms with Crippen molar-refractivity contribution in [3.8, 4) is 17.2 Å². The van der Waals surface area contributed by atoms with Gasteiger partial charge in [-0.1, -0.05) is 48.2 Å². The first-order chi connectivity index (χ1) is 20.3. The zero-order valence-corrected chi connectivity index (χ0v) is 25.0. The van der Waals surface area contributed by atoms with E-state index in [0.29, 0.717) is 58.1 Å². The number of benzene rings is 3. The van der Waals surface area contributed by atoms with Gasteiger partial charge in [-0.3, -0.25) is 24.2 Å². The zero-order chi connectivity index (χ0) is 29.8. The summed E-state index contributed by atoms with van der Waals surface area (Å²) in [5.74, 6) is 0.800. The lowest BCUT2D eigenvalue weighted by molar-refractivity contribution is -0.122. The predicted molar refractivity (Wildman–Crippen MR) is 167 cm³/mol. The molecular weight excluding hydrogens is 574 g/mol. The number of rotatable bonds is 10. The highest BCUT2D eigenvalue weighted by atomic mass is 32.2. The number of nitrogens with zero attached hydrogens (tertiary/aromatic N) is 2. The maximum Gasteiger partial charge on any atom is 0.267 e. The number of fused-ring (bicyclic) bond motifs is 1. The van der Waals surface area contributed by atoms with Crippen LogP contribution in [0.15, 0.2) is 71.6 Å². The van der Waals surface area contributed by atoms with E-state index >= 15 is 0 Å². The summed E-state index contributed by atoms with van der Waals surface area (Å²) in [4.78, 5) is 43.5. The minimum Gasteiger partial charge on any atom is -0.494 e. The number of para-hydroxylation sites is 1. The Kier molecular flexibility index (Phi) is 8.79. The van der Waals surface area contributed by atoms with Crippen LogP contribution in [0.1, 0.15) is 18.1 Å². The van der Waals surface area contributed by atoms with Crippen LogP contribution in [0.3, 0.4) is 0 Å². The summed E-state index contributed by atoms with van der Waals surface area (Å²) in [6.45, 7) is 2.56. The smallest absolute Gasteiger partial charge is 0.267 e. The third kappa shape index (κ3) is 5.83. The Labute approximate surface area is 253 Å². The SMILES string of the molecule is CCOc1ccc(NC(=O)CN2C(=O)/C(=C3\SC(=S)N(CCc4ccc(OC)c(OC)c4)C3=O)c3ccccc32)cc1. The molecule has 9 nitrogen and oxygen atoms in total. The number of methoxy groups -OCH3 is 2. The van der Waals surface area contributed by atoms with Gasteiger partial charge in [0.1, 0.15) is 16.6 Å². The molecule has 0 atom stereocenters. The highest BCUT2D eigenvalue weighted by Crippen LogP contribution is 2.44. The van der Waals surface area contributed by atoms with E-state index in [1.807, 2.05) is 25.1 Å². The van der Waals surface area contributed by atoms with Crippen LogP contribution >= 0.6 is 24.0 Å². The number of thioether (sulfide) groups is 1. The van der Waals surface area contributed by atoms with E-state index in [9.17, 15) is 14.4 Å². The van der Waals surface area contributed by atoms with Crippen molar-refractivity contribution in [1.82, 2.24) is 4.90 Å². The molecular formula is C31H29N3O6S2. The Hall–Kier alpha value is -4.35. The van der Waals surface area contributed by atoms with Crippen LogP contribution in [0.2, 0.25) is 0 Å². The molecule has 3 aromatic rings. The first-order valence-electron chi connectivity index (χ1n) is 13.3. The summed E-state index contributed by atoms with van der Waals surface area (Å²) in [5.41, 5.74) is 2.94. The minimum atomic E-state index is -0.418. The maximum absolute atomic E-state index is 13.7. The second kappa shape index (κ2) is 12.7. The van der Waals surface area contributed by atoms with Gasteiger partial charge in [0.2, 0.25) is 5.91 Å². The number of hydrogen-bond donors (Lipinski definition) is 1. The first kappa shape index (κ1) is 29.2. The third-order valence-corrected chi connectivity index (χ3v) is 8.27. The second-order valence-electron chi connectivity index (χ2n) is 9.38. The van der Waals surface area contributed by atoms with Crippen molar-refractivity contribution < 1.29 is 28.6 Å². The molecule has 1 saturated heterocycles. The molecule has 3 aromatic carbocycles. The fourth-order valence-electron chi connectivity index (χ4n) is 4.82. The molecule has 2 aliphatic rings. The number of hydrogen-bond acceptors (Lipinski definition) is 8. The molecule has 0 radical (unpaired) electrons. The fraction of sp³-hybridized carbons (Fsp3) is 0.226. The molecule has 216 valence electrons. The van der Waals surface area contributed by atoms with Crippen LogP contribution in [0.25, 0.3) is 5.57 Å². The minimum absolute atomic E-state index is 0.216. The van der Waals surface area contributed by atoms with Gasteiger partial charge in [0.15, 0.2) is 11.5 Å². The van der Waals surface area contributed by atoms with E-state index in [4.69, 9.17) is 26.4 Å². The van der Waals surface area contributed by atoms with E-state index in [2.05, 4.69) is 5.32 Å². The number of thiocarbonyl (C=S) groups is 1. The van der Waals surface area contributed by atoms with E-state index < -0.39 is 5.91 Å². The molecule has 0 aromatic heterocycles. The van der Waals surface area contributed by atoms with Crippen LogP contribution in [0.5, 0.6) is 17.2 Å². The van der Waals surface area contributed by atoms with Gasteiger partial charge in [0, 0.05) is 17.8 Å². The highest BCUT2D eigenvalue weighted by molar-refractivity contribution is 8.26. The van der Waals surface area contributed by atoms with Gasteiger partial charge in [-0.05, 0) is 61.4 Å². The lowest BCUT2D eigenvalue weighted by atomic mass is 10.1. The van der Waals surface area contributed by atoms with Gasteiger partial charge in [-0.25, -0.2) is 0 Å². The van der Waals surface area contributed by atoms with Gasteiger partial charge in [0.25, 0.3) is 11.8 Å². The Morgan fingerprint density at radius 2 is 1.67 bits per heavy atom. The molecule has 0 saturated carbocycles. The second-order valence-corrected chi connectivity index (χ2v) is 11.0. The summed E-state index contributed by atoms with van der Waals surface area (Å²) < 4.78 is 16.5. The summed E-state index contributed by atoms with van der Waals surface area (Å²) >= 11 is 6.67. The predicted octanol–water partition coefficient (Wildman–Crippen LogP) is 4.90. The first-order valence-corrected chi connectivity index (χ1v) is 14.5. The zero-order valence-electron chi connectivity index (χ0n) is 23.3. The molecule has 2 aliphatic heterocycles. The molecule has 1 N–H and O–H groups in total. The Morgan fingerprint density at radius 3 is 2.38 bits per heavy atom. The normalized spacial score (nSPS) is 16.1. The summed E-state index contributed by atoms with van der Waals surface area (Å²) in [7, 11) is 3.14.